The first-order chi connectivity index (χ1) is 12.9. The molecule has 0 heterocycles. The van der Waals surface area contributed by atoms with Gasteiger partial charge in [-0.05, 0) is 41.8 Å². The van der Waals surface area contributed by atoms with Gasteiger partial charge in [0.1, 0.15) is 0 Å². The van der Waals surface area contributed by atoms with E-state index in [1.165, 1.54) is 7.11 Å². The fourth-order valence-corrected chi connectivity index (χ4v) is 2.92. The maximum Gasteiger partial charge on any atom is 0.313 e. The number of benzene rings is 2. The summed E-state index contributed by atoms with van der Waals surface area (Å²) in [5, 5.41) is 5.18. The van der Waals surface area contributed by atoms with E-state index in [1.54, 1.807) is 24.3 Å². The van der Waals surface area contributed by atoms with Gasteiger partial charge in [-0.15, -0.1) is 0 Å². The summed E-state index contributed by atoms with van der Waals surface area (Å²) in [4.78, 5) is 36.3. The number of halogens is 1. The van der Waals surface area contributed by atoms with Crippen molar-refractivity contribution in [3.8, 4) is 0 Å². The van der Waals surface area contributed by atoms with Gasteiger partial charge in [0.25, 0.3) is 0 Å². The predicted molar refractivity (Wildman–Crippen MR) is 106 cm³/mol. The van der Waals surface area contributed by atoms with E-state index < -0.39 is 23.8 Å². The molecule has 2 N–H and O–H groups in total. The first-order valence-electron chi connectivity index (χ1n) is 8.46. The zero-order chi connectivity index (χ0) is 19.8. The maximum absolute atomic E-state index is 12.4. The van der Waals surface area contributed by atoms with Crippen LogP contribution in [0.4, 0.5) is 5.69 Å². The van der Waals surface area contributed by atoms with Crippen molar-refractivity contribution in [2.45, 2.75) is 25.8 Å². The van der Waals surface area contributed by atoms with Crippen molar-refractivity contribution < 1.29 is 19.1 Å². The van der Waals surface area contributed by atoms with Crippen LogP contribution in [0.2, 0.25) is 0 Å². The van der Waals surface area contributed by atoms with Crippen LogP contribution in [0.25, 0.3) is 0 Å². The van der Waals surface area contributed by atoms with Crippen LogP contribution in [0, 0.1) is 0 Å². The lowest BCUT2D eigenvalue weighted by Gasteiger charge is -2.18. The zero-order valence-corrected chi connectivity index (χ0v) is 16.7. The van der Waals surface area contributed by atoms with E-state index in [2.05, 4.69) is 26.6 Å². The Hall–Kier alpha value is -2.67. The van der Waals surface area contributed by atoms with Gasteiger partial charge < -0.3 is 15.4 Å². The Morgan fingerprint density at radius 2 is 1.81 bits per heavy atom. The molecule has 142 valence electrons. The maximum atomic E-state index is 12.4. The van der Waals surface area contributed by atoms with Gasteiger partial charge in [-0.3, -0.25) is 14.4 Å². The minimum Gasteiger partial charge on any atom is -0.469 e. The Bertz CT molecular complexity index is 838. The minimum atomic E-state index is -0.828. The number of nitrogens with one attached hydrogen (secondary N) is 2. The van der Waals surface area contributed by atoms with Crippen molar-refractivity contribution in [1.82, 2.24) is 5.32 Å². The SMILES string of the molecule is CCc1cccc(NC(=O)C(=O)N[C@@H](CC(=O)OC)c2cccc(Br)c2)c1. The summed E-state index contributed by atoms with van der Waals surface area (Å²) in [6.07, 6.45) is 0.733. The second-order valence-electron chi connectivity index (χ2n) is 5.87. The molecule has 0 bridgehead atoms. The Kier molecular flexibility index (Phi) is 7.55. The number of hydrogen-bond donors (Lipinski definition) is 2. The van der Waals surface area contributed by atoms with Crippen LogP contribution in [0.5, 0.6) is 0 Å². The summed E-state index contributed by atoms with van der Waals surface area (Å²) >= 11 is 3.36. The molecular weight excluding hydrogens is 412 g/mol. The van der Waals surface area contributed by atoms with E-state index in [4.69, 9.17) is 4.74 Å². The first-order valence-corrected chi connectivity index (χ1v) is 9.25. The highest BCUT2D eigenvalue weighted by atomic mass is 79.9. The molecule has 0 radical (unpaired) electrons. The van der Waals surface area contributed by atoms with E-state index in [0.29, 0.717) is 11.3 Å². The molecule has 0 spiro atoms. The summed E-state index contributed by atoms with van der Waals surface area (Å²) in [6, 6.07) is 13.7. The number of methoxy groups -OCH3 is 1. The number of carbonyl (C=O) groups excluding carboxylic acids is 3. The third kappa shape index (κ3) is 6.21. The van der Waals surface area contributed by atoms with Crippen LogP contribution in [0.1, 0.15) is 30.5 Å². The van der Waals surface area contributed by atoms with Crippen molar-refractivity contribution in [3.05, 3.63) is 64.1 Å². The van der Waals surface area contributed by atoms with Crippen molar-refractivity contribution >= 4 is 39.4 Å². The Balaban J connectivity index is 2.11. The van der Waals surface area contributed by atoms with E-state index in [0.717, 1.165) is 16.5 Å². The topological polar surface area (TPSA) is 84.5 Å². The van der Waals surface area contributed by atoms with Crippen LogP contribution in [0.3, 0.4) is 0 Å². The van der Waals surface area contributed by atoms with Gasteiger partial charge in [0.05, 0.1) is 19.6 Å². The number of rotatable bonds is 6. The van der Waals surface area contributed by atoms with Crippen LogP contribution >= 0.6 is 15.9 Å². The first kappa shape index (κ1) is 20.6. The predicted octanol–water partition coefficient (Wildman–Crippen LogP) is 3.37. The zero-order valence-electron chi connectivity index (χ0n) is 15.1. The molecule has 0 aliphatic carbocycles. The molecule has 0 aliphatic rings. The highest BCUT2D eigenvalue weighted by Gasteiger charge is 2.23. The van der Waals surface area contributed by atoms with Gasteiger partial charge in [-0.1, -0.05) is 47.1 Å². The van der Waals surface area contributed by atoms with E-state index in [-0.39, 0.29) is 6.42 Å². The number of ether oxygens (including phenoxy) is 1. The number of amides is 2. The number of aryl methyl sites for hydroxylation is 1. The lowest BCUT2D eigenvalue weighted by Crippen LogP contribution is -2.38. The van der Waals surface area contributed by atoms with Crippen LogP contribution < -0.4 is 10.6 Å². The van der Waals surface area contributed by atoms with E-state index in [9.17, 15) is 14.4 Å². The monoisotopic (exact) mass is 432 g/mol. The van der Waals surface area contributed by atoms with Crippen LogP contribution in [-0.4, -0.2) is 24.9 Å². The molecule has 0 fully saturated rings. The molecule has 6 nitrogen and oxygen atoms in total. The molecule has 0 aliphatic heterocycles. The van der Waals surface area contributed by atoms with E-state index in [1.807, 2.05) is 31.2 Å². The molecule has 27 heavy (non-hydrogen) atoms. The summed E-state index contributed by atoms with van der Waals surface area (Å²) in [7, 11) is 1.27. The van der Waals surface area contributed by atoms with Gasteiger partial charge in [-0.2, -0.15) is 0 Å². The largest absolute Gasteiger partial charge is 0.469 e. The Morgan fingerprint density at radius 3 is 2.48 bits per heavy atom. The molecule has 2 amide bonds. The normalized spacial score (nSPS) is 11.4. The number of carbonyl (C=O) groups is 3. The van der Waals surface area contributed by atoms with Gasteiger partial charge in [0.15, 0.2) is 0 Å². The fraction of sp³-hybridized carbons (Fsp3) is 0.250. The van der Waals surface area contributed by atoms with Crippen molar-refractivity contribution in [2.24, 2.45) is 0 Å². The average molecular weight is 433 g/mol. The van der Waals surface area contributed by atoms with Gasteiger partial charge in [-0.25, -0.2) is 0 Å². The highest BCUT2D eigenvalue weighted by molar-refractivity contribution is 9.10. The Labute approximate surface area is 166 Å². The molecular formula is C20H21BrN2O4. The second-order valence-corrected chi connectivity index (χ2v) is 6.79. The molecule has 2 aromatic carbocycles. The molecule has 0 aromatic heterocycles. The van der Waals surface area contributed by atoms with Gasteiger partial charge in [0.2, 0.25) is 0 Å². The lowest BCUT2D eigenvalue weighted by atomic mass is 10.0. The molecule has 0 saturated heterocycles. The number of anilines is 1. The van der Waals surface area contributed by atoms with Gasteiger partial charge >= 0.3 is 17.8 Å². The molecule has 1 atom stereocenters. The molecule has 7 heteroatoms. The van der Waals surface area contributed by atoms with Crippen molar-refractivity contribution in [3.63, 3.8) is 0 Å². The van der Waals surface area contributed by atoms with E-state index >= 15 is 0 Å². The average Bonchev–Trinajstić information content (AvgIpc) is 2.67. The number of hydrogen-bond acceptors (Lipinski definition) is 4. The number of esters is 1. The quantitative estimate of drug-likeness (QED) is 0.541. The smallest absolute Gasteiger partial charge is 0.313 e. The summed E-state index contributed by atoms with van der Waals surface area (Å²) in [6.45, 7) is 2.00. The van der Waals surface area contributed by atoms with Crippen molar-refractivity contribution in [1.29, 1.82) is 0 Å². The van der Waals surface area contributed by atoms with Crippen LogP contribution in [0.15, 0.2) is 53.0 Å². The molecule has 2 rings (SSSR count). The summed E-state index contributed by atoms with van der Waals surface area (Å²) in [5.74, 6) is -2.12. The molecule has 0 saturated carbocycles. The third-order valence-corrected chi connectivity index (χ3v) is 4.45. The minimum absolute atomic E-state index is 0.0860. The second kappa shape index (κ2) is 9.87. The standard InChI is InChI=1S/C20H21BrN2O4/c1-3-13-6-4-9-16(10-13)22-19(25)20(26)23-17(12-18(24)27-2)14-7-5-8-15(21)11-14/h4-11,17H,3,12H2,1-2H3,(H,22,25)(H,23,26)/t17-/m0/s1. The fourth-order valence-electron chi connectivity index (χ4n) is 2.51. The molecule has 0 unspecified atom stereocenters. The highest BCUT2D eigenvalue weighted by Crippen LogP contribution is 2.21. The van der Waals surface area contributed by atoms with Gasteiger partial charge in [0, 0.05) is 10.2 Å². The van der Waals surface area contributed by atoms with Crippen molar-refractivity contribution in [2.75, 3.05) is 12.4 Å². The third-order valence-electron chi connectivity index (χ3n) is 3.95. The lowest BCUT2D eigenvalue weighted by molar-refractivity contribution is -0.142. The van der Waals surface area contributed by atoms with Crippen LogP contribution in [-0.2, 0) is 25.5 Å². The summed E-state index contributed by atoms with van der Waals surface area (Å²) in [5.41, 5.74) is 2.27. The summed E-state index contributed by atoms with van der Waals surface area (Å²) < 4.78 is 5.49. The Morgan fingerprint density at radius 1 is 1.07 bits per heavy atom. The molecule has 2 aromatic rings.